The summed E-state index contributed by atoms with van der Waals surface area (Å²) in [7, 11) is 0. The van der Waals surface area contributed by atoms with Crippen LogP contribution in [-0.2, 0) is 11.3 Å². The van der Waals surface area contributed by atoms with Gasteiger partial charge in [0.1, 0.15) is 17.7 Å². The number of aromatic nitrogens is 3. The summed E-state index contributed by atoms with van der Waals surface area (Å²) in [4.78, 5) is 36.2. The Balaban J connectivity index is 1.27. The molecule has 0 atom stereocenters. The Morgan fingerprint density at radius 3 is 2.56 bits per heavy atom. The van der Waals surface area contributed by atoms with Crippen LogP contribution < -0.4 is 10.6 Å². The summed E-state index contributed by atoms with van der Waals surface area (Å²) < 4.78 is 13.5. The van der Waals surface area contributed by atoms with E-state index >= 15 is 0 Å². The first-order chi connectivity index (χ1) is 16.3. The number of halogens is 1. The number of amides is 1. The van der Waals surface area contributed by atoms with E-state index in [1.54, 1.807) is 25.3 Å². The van der Waals surface area contributed by atoms with E-state index in [-0.39, 0.29) is 29.4 Å². The second-order valence-corrected chi connectivity index (χ2v) is 9.85. The summed E-state index contributed by atoms with van der Waals surface area (Å²) in [6.45, 7) is 2.69. The fourth-order valence-electron chi connectivity index (χ4n) is 5.46. The minimum absolute atomic E-state index is 0.0985. The van der Waals surface area contributed by atoms with Crippen molar-refractivity contribution < 1.29 is 19.1 Å². The largest absolute Gasteiger partial charge is 0.481 e. The molecule has 2 heterocycles. The molecule has 3 saturated carbocycles. The molecule has 3 aliphatic carbocycles. The maximum atomic E-state index is 13.5. The van der Waals surface area contributed by atoms with Crippen molar-refractivity contribution in [2.75, 3.05) is 11.9 Å². The maximum absolute atomic E-state index is 13.5. The topological polar surface area (TPSA) is 120 Å². The molecule has 8 nitrogen and oxygen atoms in total. The van der Waals surface area contributed by atoms with Crippen molar-refractivity contribution in [3.63, 3.8) is 0 Å². The predicted octanol–water partition coefficient (Wildman–Crippen LogP) is 4.17. The van der Waals surface area contributed by atoms with Crippen LogP contribution in [0.15, 0.2) is 30.7 Å². The average Bonchev–Trinajstić information content (AvgIpc) is 3.28. The number of H-pyrrole nitrogens is 1. The molecule has 1 aromatic carbocycles. The molecular weight excluding hydrogens is 437 g/mol. The average molecular weight is 466 g/mol. The number of aromatic amines is 1. The molecule has 0 aliphatic heterocycles. The molecule has 2 bridgehead atoms. The van der Waals surface area contributed by atoms with Gasteiger partial charge in [-0.15, -0.1) is 0 Å². The standard InChI is InChI=1S/C25H28FN5O3/c1-15-10-16(2-3-17(15)26)11-28-22(32)21-20-19(30-14-31-21)18(12-27-20)29-13-24-4-7-25(8-5-24,9-6-24)23(33)34/h2-3,10,12,14,27,29H,4-9,11,13H2,1H3,(H,28,32)(H,33,34). The van der Waals surface area contributed by atoms with Gasteiger partial charge < -0.3 is 20.7 Å². The number of benzene rings is 1. The normalized spacial score (nSPS) is 23.7. The summed E-state index contributed by atoms with van der Waals surface area (Å²) in [5, 5.41) is 15.9. The summed E-state index contributed by atoms with van der Waals surface area (Å²) in [6.07, 6.45) is 8.08. The number of rotatable bonds is 7. The molecule has 178 valence electrons. The summed E-state index contributed by atoms with van der Waals surface area (Å²) >= 11 is 0. The number of aliphatic carboxylic acids is 1. The van der Waals surface area contributed by atoms with Gasteiger partial charge in [0.2, 0.25) is 0 Å². The minimum Gasteiger partial charge on any atom is -0.481 e. The van der Waals surface area contributed by atoms with Crippen molar-refractivity contribution in [3.05, 3.63) is 53.4 Å². The van der Waals surface area contributed by atoms with Crippen molar-refractivity contribution in [2.24, 2.45) is 10.8 Å². The molecule has 1 amide bonds. The van der Waals surface area contributed by atoms with Gasteiger partial charge in [0.25, 0.3) is 5.91 Å². The van der Waals surface area contributed by atoms with E-state index in [4.69, 9.17) is 0 Å². The van der Waals surface area contributed by atoms with E-state index < -0.39 is 11.4 Å². The fourth-order valence-corrected chi connectivity index (χ4v) is 5.46. The van der Waals surface area contributed by atoms with E-state index in [0.29, 0.717) is 16.6 Å². The number of fused-ring (bicyclic) bond motifs is 4. The zero-order valence-corrected chi connectivity index (χ0v) is 19.1. The Bertz CT molecular complexity index is 1250. The quantitative estimate of drug-likeness (QED) is 0.416. The second kappa shape index (κ2) is 8.38. The number of carboxylic acids is 1. The third-order valence-electron chi connectivity index (χ3n) is 7.86. The van der Waals surface area contributed by atoms with Crippen LogP contribution >= 0.6 is 0 Å². The molecule has 0 radical (unpaired) electrons. The van der Waals surface area contributed by atoms with E-state index in [9.17, 15) is 19.1 Å². The molecule has 0 spiro atoms. The van der Waals surface area contributed by atoms with Crippen LogP contribution in [0.5, 0.6) is 0 Å². The maximum Gasteiger partial charge on any atom is 0.309 e. The number of anilines is 1. The Labute approximate surface area is 196 Å². The SMILES string of the molecule is Cc1cc(CNC(=O)c2ncnc3c(NCC45CCC(C(=O)O)(CC4)CC5)c[nH]c23)ccc1F. The van der Waals surface area contributed by atoms with Gasteiger partial charge in [-0.1, -0.05) is 12.1 Å². The number of hydrogen-bond donors (Lipinski definition) is 4. The van der Waals surface area contributed by atoms with Gasteiger partial charge in [-0.05, 0) is 68.1 Å². The number of nitrogens with one attached hydrogen (secondary N) is 3. The smallest absolute Gasteiger partial charge is 0.309 e. The first kappa shape index (κ1) is 22.3. The molecule has 9 heteroatoms. The van der Waals surface area contributed by atoms with Gasteiger partial charge in [-0.3, -0.25) is 9.59 Å². The van der Waals surface area contributed by atoms with Crippen LogP contribution in [0.3, 0.4) is 0 Å². The van der Waals surface area contributed by atoms with Gasteiger partial charge in [0, 0.05) is 19.3 Å². The lowest BCUT2D eigenvalue weighted by molar-refractivity contribution is -0.158. The first-order valence-corrected chi connectivity index (χ1v) is 11.6. The number of hydrogen-bond acceptors (Lipinski definition) is 5. The number of nitrogens with zero attached hydrogens (tertiary/aromatic N) is 2. The highest BCUT2D eigenvalue weighted by atomic mass is 19.1. The molecule has 3 aliphatic rings. The van der Waals surface area contributed by atoms with Crippen LogP contribution in [0.4, 0.5) is 10.1 Å². The van der Waals surface area contributed by atoms with E-state index in [2.05, 4.69) is 25.6 Å². The molecule has 4 N–H and O–H groups in total. The van der Waals surface area contributed by atoms with Crippen LogP contribution in [0, 0.1) is 23.6 Å². The lowest BCUT2D eigenvalue weighted by Crippen LogP contribution is -2.48. The lowest BCUT2D eigenvalue weighted by Gasteiger charge is -2.51. The molecule has 0 unspecified atom stereocenters. The second-order valence-electron chi connectivity index (χ2n) is 9.85. The minimum atomic E-state index is -0.651. The highest BCUT2D eigenvalue weighted by Gasteiger charge is 2.52. The third kappa shape index (κ3) is 3.89. The van der Waals surface area contributed by atoms with E-state index in [1.807, 2.05) is 0 Å². The molecule has 3 aromatic rings. The Morgan fingerprint density at radius 1 is 1.15 bits per heavy atom. The van der Waals surface area contributed by atoms with Crippen molar-refractivity contribution in [3.8, 4) is 0 Å². The number of carbonyl (C=O) groups excluding carboxylic acids is 1. The number of carbonyl (C=O) groups is 2. The fraction of sp³-hybridized carbons (Fsp3) is 0.440. The zero-order chi connectivity index (χ0) is 23.9. The van der Waals surface area contributed by atoms with Gasteiger partial charge in [0.05, 0.1) is 16.6 Å². The Kier molecular flexibility index (Phi) is 5.50. The van der Waals surface area contributed by atoms with E-state index in [1.165, 1.54) is 12.4 Å². The number of carboxylic acid groups (broad SMARTS) is 1. The molecule has 2 aromatic heterocycles. The Morgan fingerprint density at radius 2 is 1.88 bits per heavy atom. The van der Waals surface area contributed by atoms with Gasteiger partial charge in [0.15, 0.2) is 5.69 Å². The number of aryl methyl sites for hydroxylation is 1. The van der Waals surface area contributed by atoms with Gasteiger partial charge in [-0.2, -0.15) is 0 Å². The van der Waals surface area contributed by atoms with Crippen molar-refractivity contribution in [1.29, 1.82) is 0 Å². The zero-order valence-electron chi connectivity index (χ0n) is 19.1. The van der Waals surface area contributed by atoms with E-state index in [0.717, 1.165) is 56.3 Å². The van der Waals surface area contributed by atoms with Crippen molar-refractivity contribution in [2.45, 2.75) is 52.0 Å². The van der Waals surface area contributed by atoms with Crippen molar-refractivity contribution >= 4 is 28.6 Å². The lowest BCUT2D eigenvalue weighted by atomic mass is 9.53. The predicted molar refractivity (Wildman–Crippen MR) is 125 cm³/mol. The highest BCUT2D eigenvalue weighted by Crippen LogP contribution is 2.57. The summed E-state index contributed by atoms with van der Waals surface area (Å²) in [5.41, 5.74) is 3.14. The highest BCUT2D eigenvalue weighted by molar-refractivity contribution is 6.05. The van der Waals surface area contributed by atoms with Crippen LogP contribution in [-0.4, -0.2) is 38.5 Å². The van der Waals surface area contributed by atoms with Crippen LogP contribution in [0.25, 0.3) is 11.0 Å². The van der Waals surface area contributed by atoms with Crippen LogP contribution in [0.1, 0.15) is 60.1 Å². The van der Waals surface area contributed by atoms with Crippen LogP contribution in [0.2, 0.25) is 0 Å². The van der Waals surface area contributed by atoms with Gasteiger partial charge >= 0.3 is 5.97 Å². The molecular formula is C25H28FN5O3. The third-order valence-corrected chi connectivity index (χ3v) is 7.86. The van der Waals surface area contributed by atoms with Crippen molar-refractivity contribution in [1.82, 2.24) is 20.3 Å². The molecule has 0 saturated heterocycles. The summed E-state index contributed by atoms with van der Waals surface area (Å²) in [5.74, 6) is -1.27. The summed E-state index contributed by atoms with van der Waals surface area (Å²) in [6, 6.07) is 4.74. The molecule has 34 heavy (non-hydrogen) atoms. The Hall–Kier alpha value is -3.49. The molecule has 3 fully saturated rings. The van der Waals surface area contributed by atoms with Gasteiger partial charge in [-0.25, -0.2) is 14.4 Å². The molecule has 6 rings (SSSR count). The first-order valence-electron chi connectivity index (χ1n) is 11.6. The monoisotopic (exact) mass is 465 g/mol.